The van der Waals surface area contributed by atoms with E-state index in [0.29, 0.717) is 11.4 Å². The van der Waals surface area contributed by atoms with Gasteiger partial charge in [-0.1, -0.05) is 6.42 Å². The van der Waals surface area contributed by atoms with Crippen LogP contribution in [0.2, 0.25) is 0 Å². The Labute approximate surface area is 145 Å². The third-order valence-electron chi connectivity index (χ3n) is 4.30. The number of carbonyl (C=O) groups excluding carboxylic acids is 1. The van der Waals surface area contributed by atoms with E-state index in [4.69, 9.17) is 0 Å². The Morgan fingerprint density at radius 3 is 2.32 bits per heavy atom. The Morgan fingerprint density at radius 1 is 1.24 bits per heavy atom. The zero-order chi connectivity index (χ0) is 18.8. The third kappa shape index (κ3) is 4.14. The van der Waals surface area contributed by atoms with Crippen LogP contribution in [0.15, 0.2) is 29.2 Å². The number of hydrogen-bond acceptors (Lipinski definition) is 3. The lowest BCUT2D eigenvalue weighted by Crippen LogP contribution is -2.42. The fraction of sp³-hybridized carbons (Fsp3) is 0.562. The number of amides is 1. The summed E-state index contributed by atoms with van der Waals surface area (Å²) in [4.78, 5) is 12.0. The minimum atomic E-state index is -4.98. The van der Waals surface area contributed by atoms with E-state index < -0.39 is 22.1 Å². The number of carbonyl (C=O) groups is 1. The minimum absolute atomic E-state index is 0.00969. The molecule has 25 heavy (non-hydrogen) atoms. The van der Waals surface area contributed by atoms with Crippen molar-refractivity contribution in [3.05, 3.63) is 24.3 Å². The van der Waals surface area contributed by atoms with E-state index in [-0.39, 0.29) is 23.2 Å². The van der Waals surface area contributed by atoms with Gasteiger partial charge in [-0.25, -0.2) is 8.42 Å². The van der Waals surface area contributed by atoms with Crippen LogP contribution in [0.1, 0.15) is 33.1 Å². The quantitative estimate of drug-likeness (QED) is 0.809. The lowest BCUT2D eigenvalue weighted by atomic mass is 10.1. The first kappa shape index (κ1) is 19.7. The van der Waals surface area contributed by atoms with Crippen molar-refractivity contribution in [1.29, 1.82) is 0 Å². The van der Waals surface area contributed by atoms with Gasteiger partial charge in [0.2, 0.25) is 10.0 Å². The number of sulfonamides is 1. The maximum Gasteiger partial charge on any atom is 0.471 e. The molecule has 1 amide bonds. The first-order valence-electron chi connectivity index (χ1n) is 8.09. The molecule has 140 valence electrons. The monoisotopic (exact) mass is 378 g/mol. The van der Waals surface area contributed by atoms with Crippen molar-refractivity contribution < 1.29 is 26.4 Å². The number of piperidine rings is 1. The predicted molar refractivity (Wildman–Crippen MR) is 87.7 cm³/mol. The van der Waals surface area contributed by atoms with Crippen molar-refractivity contribution in [2.45, 2.75) is 50.2 Å². The number of alkyl halides is 3. The molecule has 0 spiro atoms. The summed E-state index contributed by atoms with van der Waals surface area (Å²) >= 11 is 0. The molecule has 1 atom stereocenters. The van der Waals surface area contributed by atoms with E-state index in [1.165, 1.54) is 35.5 Å². The Balaban J connectivity index is 2.28. The van der Waals surface area contributed by atoms with Crippen molar-refractivity contribution in [3.8, 4) is 0 Å². The van der Waals surface area contributed by atoms with Gasteiger partial charge in [-0.05, 0) is 51.0 Å². The molecule has 1 aromatic rings. The zero-order valence-electron chi connectivity index (χ0n) is 14.1. The van der Waals surface area contributed by atoms with Crippen molar-refractivity contribution in [3.63, 3.8) is 0 Å². The molecule has 0 aliphatic carbocycles. The Hall–Kier alpha value is -1.61. The van der Waals surface area contributed by atoms with Gasteiger partial charge in [0, 0.05) is 24.8 Å². The van der Waals surface area contributed by atoms with Gasteiger partial charge in [0.05, 0.1) is 4.90 Å². The molecule has 0 N–H and O–H groups in total. The topological polar surface area (TPSA) is 57.7 Å². The first-order chi connectivity index (χ1) is 11.6. The van der Waals surface area contributed by atoms with Crippen LogP contribution in [-0.4, -0.2) is 43.9 Å². The molecule has 1 aromatic carbocycles. The highest BCUT2D eigenvalue weighted by Crippen LogP contribution is 2.28. The maximum absolute atomic E-state index is 12.7. The van der Waals surface area contributed by atoms with Gasteiger partial charge in [-0.2, -0.15) is 17.5 Å². The molecule has 2 rings (SSSR count). The van der Waals surface area contributed by atoms with E-state index in [9.17, 15) is 26.4 Å². The van der Waals surface area contributed by atoms with E-state index in [1.807, 2.05) is 6.92 Å². The van der Waals surface area contributed by atoms with Crippen LogP contribution in [0.5, 0.6) is 0 Å². The van der Waals surface area contributed by atoms with Gasteiger partial charge >= 0.3 is 12.1 Å². The van der Waals surface area contributed by atoms with Crippen LogP contribution >= 0.6 is 0 Å². The van der Waals surface area contributed by atoms with Crippen LogP contribution in [0, 0.1) is 0 Å². The molecule has 1 fully saturated rings. The lowest BCUT2D eigenvalue weighted by molar-refractivity contribution is -0.170. The van der Waals surface area contributed by atoms with Gasteiger partial charge in [0.25, 0.3) is 0 Å². The predicted octanol–water partition coefficient (Wildman–Crippen LogP) is 3.16. The fourth-order valence-electron chi connectivity index (χ4n) is 2.96. The molecule has 0 unspecified atom stereocenters. The van der Waals surface area contributed by atoms with Crippen molar-refractivity contribution in [2.24, 2.45) is 0 Å². The number of halogens is 3. The van der Waals surface area contributed by atoms with Crippen molar-refractivity contribution in [2.75, 3.05) is 18.0 Å². The van der Waals surface area contributed by atoms with Crippen LogP contribution in [0.3, 0.4) is 0 Å². The molecule has 0 bridgehead atoms. The van der Waals surface area contributed by atoms with Crippen LogP contribution in [0.4, 0.5) is 18.9 Å². The number of hydrogen-bond donors (Lipinski definition) is 0. The molecule has 0 aromatic heterocycles. The Morgan fingerprint density at radius 2 is 1.84 bits per heavy atom. The highest BCUT2D eigenvalue weighted by molar-refractivity contribution is 7.89. The number of benzene rings is 1. The number of anilines is 1. The highest BCUT2D eigenvalue weighted by Gasteiger charge is 2.42. The molecule has 5 nitrogen and oxygen atoms in total. The summed E-state index contributed by atoms with van der Waals surface area (Å²) in [6.07, 6.45) is -2.45. The van der Waals surface area contributed by atoms with Gasteiger partial charge in [0.15, 0.2) is 0 Å². The largest absolute Gasteiger partial charge is 0.471 e. The smallest absolute Gasteiger partial charge is 0.305 e. The molecular formula is C16H21F3N2O3S. The van der Waals surface area contributed by atoms with Gasteiger partial charge in [-0.3, -0.25) is 4.79 Å². The van der Waals surface area contributed by atoms with E-state index in [0.717, 1.165) is 19.3 Å². The number of rotatable bonds is 4. The van der Waals surface area contributed by atoms with Crippen molar-refractivity contribution in [1.82, 2.24) is 4.31 Å². The third-order valence-corrected chi connectivity index (χ3v) is 6.33. The molecule has 1 aliphatic heterocycles. The first-order valence-corrected chi connectivity index (χ1v) is 9.53. The van der Waals surface area contributed by atoms with E-state index >= 15 is 0 Å². The molecule has 1 saturated heterocycles. The summed E-state index contributed by atoms with van der Waals surface area (Å²) in [6.45, 7) is 3.52. The van der Waals surface area contributed by atoms with E-state index in [2.05, 4.69) is 0 Å². The summed E-state index contributed by atoms with van der Waals surface area (Å²) in [5, 5.41) is 0. The highest BCUT2D eigenvalue weighted by atomic mass is 32.2. The second kappa shape index (κ2) is 7.33. The van der Waals surface area contributed by atoms with Gasteiger partial charge in [-0.15, -0.1) is 0 Å². The number of nitrogens with zero attached hydrogens (tertiary/aromatic N) is 2. The average molecular weight is 378 g/mol. The lowest BCUT2D eigenvalue weighted by Gasteiger charge is -2.32. The Kier molecular flexibility index (Phi) is 5.78. The molecular weight excluding hydrogens is 357 g/mol. The maximum atomic E-state index is 12.7. The molecule has 1 heterocycles. The molecule has 9 heteroatoms. The molecule has 0 saturated carbocycles. The average Bonchev–Trinajstić information content (AvgIpc) is 2.55. The van der Waals surface area contributed by atoms with Gasteiger partial charge < -0.3 is 4.90 Å². The standard InChI is InChI=1S/C16H21F3N2O3S/c1-3-20(15(22)16(17,18)19)13-7-9-14(10-8-13)25(23,24)21-11-5-4-6-12(21)2/h7-10,12H,3-6,11H2,1-2H3/t12-/m0/s1. The summed E-state index contributed by atoms with van der Waals surface area (Å²) in [7, 11) is -3.70. The summed E-state index contributed by atoms with van der Waals surface area (Å²) in [5.74, 6) is -1.98. The second-order valence-electron chi connectivity index (χ2n) is 6.00. The minimum Gasteiger partial charge on any atom is -0.305 e. The Bertz CT molecular complexity index is 717. The van der Waals surface area contributed by atoms with Crippen LogP contribution in [0.25, 0.3) is 0 Å². The molecule has 1 aliphatic rings. The second-order valence-corrected chi connectivity index (χ2v) is 7.89. The SMILES string of the molecule is CCN(C(=O)C(F)(F)F)c1ccc(S(=O)(=O)N2CCCC[C@@H]2C)cc1. The fourth-order valence-corrected chi connectivity index (χ4v) is 4.66. The summed E-state index contributed by atoms with van der Waals surface area (Å²) in [6, 6.07) is 4.84. The van der Waals surface area contributed by atoms with Gasteiger partial charge in [0.1, 0.15) is 0 Å². The normalized spacial score (nSPS) is 19.6. The summed E-state index contributed by atoms with van der Waals surface area (Å²) < 4.78 is 64.7. The van der Waals surface area contributed by atoms with E-state index in [1.54, 1.807) is 0 Å². The summed E-state index contributed by atoms with van der Waals surface area (Å²) in [5.41, 5.74) is 0.00969. The zero-order valence-corrected chi connectivity index (χ0v) is 14.9. The van der Waals surface area contributed by atoms with Crippen LogP contribution < -0.4 is 4.90 Å². The molecule has 0 radical (unpaired) electrons. The van der Waals surface area contributed by atoms with Crippen LogP contribution in [-0.2, 0) is 14.8 Å². The van der Waals surface area contributed by atoms with Crippen molar-refractivity contribution >= 4 is 21.6 Å².